The number of ether oxygens (including phenoxy) is 2. The third-order valence-corrected chi connectivity index (χ3v) is 3.04. The molecule has 0 amide bonds. The Balaban J connectivity index is 2.16. The summed E-state index contributed by atoms with van der Waals surface area (Å²) in [5.41, 5.74) is 1.06. The maximum Gasteiger partial charge on any atom is 0.165 e. The molecule has 112 valence electrons. The molecule has 0 fully saturated rings. The van der Waals surface area contributed by atoms with Gasteiger partial charge in [-0.2, -0.15) is 0 Å². The zero-order chi connectivity index (χ0) is 15.4. The largest absolute Gasteiger partial charge is 0.494 e. The fourth-order valence-electron chi connectivity index (χ4n) is 1.94. The number of aliphatic hydroxyl groups excluding tert-OH is 1. The molecule has 0 aromatic heterocycles. The molecule has 1 atom stereocenters. The van der Waals surface area contributed by atoms with Crippen LogP contribution in [0.3, 0.4) is 0 Å². The fraction of sp³-hybridized carbons (Fsp3) is 0.250. The van der Waals surface area contributed by atoms with Crippen LogP contribution in [0.15, 0.2) is 36.4 Å². The number of aliphatic hydroxyl groups is 1. The minimum absolute atomic E-state index is 0.0596. The van der Waals surface area contributed by atoms with Gasteiger partial charge < -0.3 is 14.6 Å². The predicted octanol–water partition coefficient (Wildman–Crippen LogP) is 3.61. The van der Waals surface area contributed by atoms with Crippen LogP contribution in [-0.2, 0) is 6.61 Å². The molecule has 0 heterocycles. The maximum absolute atomic E-state index is 13.6. The van der Waals surface area contributed by atoms with E-state index in [1.54, 1.807) is 13.0 Å². The number of hydrogen-bond donors (Lipinski definition) is 1. The molecule has 0 aliphatic heterocycles. The summed E-state index contributed by atoms with van der Waals surface area (Å²) >= 11 is 0. The van der Waals surface area contributed by atoms with Crippen molar-refractivity contribution in [1.82, 2.24) is 0 Å². The van der Waals surface area contributed by atoms with E-state index in [4.69, 9.17) is 9.47 Å². The molecule has 3 nitrogen and oxygen atoms in total. The summed E-state index contributed by atoms with van der Waals surface area (Å²) in [7, 11) is 1.39. The second-order valence-electron chi connectivity index (χ2n) is 4.62. The van der Waals surface area contributed by atoms with Gasteiger partial charge in [-0.25, -0.2) is 8.78 Å². The summed E-state index contributed by atoms with van der Waals surface area (Å²) in [6.07, 6.45) is -0.784. The van der Waals surface area contributed by atoms with Gasteiger partial charge in [-0.1, -0.05) is 6.07 Å². The fourth-order valence-corrected chi connectivity index (χ4v) is 1.94. The number of benzene rings is 2. The van der Waals surface area contributed by atoms with Crippen molar-refractivity contribution >= 4 is 0 Å². The third kappa shape index (κ3) is 3.70. The molecule has 5 heteroatoms. The topological polar surface area (TPSA) is 38.7 Å². The van der Waals surface area contributed by atoms with Crippen molar-refractivity contribution in [3.8, 4) is 11.5 Å². The summed E-state index contributed by atoms with van der Waals surface area (Å²) in [4.78, 5) is 0. The van der Waals surface area contributed by atoms with Crippen LogP contribution in [0.25, 0.3) is 0 Å². The van der Waals surface area contributed by atoms with Crippen molar-refractivity contribution in [3.05, 3.63) is 59.2 Å². The summed E-state index contributed by atoms with van der Waals surface area (Å²) in [6.45, 7) is 1.62. The predicted molar refractivity (Wildman–Crippen MR) is 74.3 cm³/mol. The Morgan fingerprint density at radius 2 is 1.86 bits per heavy atom. The summed E-state index contributed by atoms with van der Waals surface area (Å²) < 4.78 is 37.1. The summed E-state index contributed by atoms with van der Waals surface area (Å²) in [5.74, 6) is -0.570. The van der Waals surface area contributed by atoms with Gasteiger partial charge >= 0.3 is 0 Å². The molecule has 0 bridgehead atoms. The lowest BCUT2D eigenvalue weighted by Gasteiger charge is -2.14. The average Bonchev–Trinajstić information content (AvgIpc) is 2.45. The summed E-state index contributed by atoms with van der Waals surface area (Å²) in [6, 6.07) is 8.35. The Hall–Kier alpha value is -2.14. The Kier molecular flexibility index (Phi) is 4.75. The molecule has 0 saturated carbocycles. The zero-order valence-corrected chi connectivity index (χ0v) is 11.8. The second-order valence-corrected chi connectivity index (χ2v) is 4.62. The van der Waals surface area contributed by atoms with Gasteiger partial charge in [-0.15, -0.1) is 0 Å². The van der Waals surface area contributed by atoms with Gasteiger partial charge in [-0.3, -0.25) is 0 Å². The number of halogens is 2. The van der Waals surface area contributed by atoms with E-state index < -0.39 is 17.7 Å². The highest BCUT2D eigenvalue weighted by atomic mass is 19.1. The van der Waals surface area contributed by atoms with Gasteiger partial charge in [0.2, 0.25) is 0 Å². The molecule has 0 aliphatic carbocycles. The molecule has 2 aromatic carbocycles. The lowest BCUT2D eigenvalue weighted by Crippen LogP contribution is -2.02. The van der Waals surface area contributed by atoms with E-state index in [1.807, 2.05) is 0 Å². The van der Waals surface area contributed by atoms with Crippen LogP contribution in [0.1, 0.15) is 24.2 Å². The van der Waals surface area contributed by atoms with Crippen molar-refractivity contribution in [2.24, 2.45) is 0 Å². The van der Waals surface area contributed by atoms with Crippen LogP contribution in [0.5, 0.6) is 11.5 Å². The van der Waals surface area contributed by atoms with E-state index in [-0.39, 0.29) is 18.1 Å². The quantitative estimate of drug-likeness (QED) is 0.915. The standard InChI is InChI=1S/C16H16F2O3/c1-10(19)13-5-4-12(17)8-16(13)21-9-11-3-6-15(20-2)14(18)7-11/h3-8,10,19H,9H2,1-2H3. The van der Waals surface area contributed by atoms with Crippen LogP contribution in [0.4, 0.5) is 8.78 Å². The van der Waals surface area contributed by atoms with E-state index in [2.05, 4.69) is 0 Å². The van der Waals surface area contributed by atoms with Crippen molar-refractivity contribution in [2.75, 3.05) is 7.11 Å². The molecule has 0 aliphatic rings. The normalized spacial score (nSPS) is 12.0. The van der Waals surface area contributed by atoms with E-state index >= 15 is 0 Å². The first-order valence-electron chi connectivity index (χ1n) is 6.44. The van der Waals surface area contributed by atoms with Gasteiger partial charge in [0.15, 0.2) is 11.6 Å². The summed E-state index contributed by atoms with van der Waals surface area (Å²) in [5, 5.41) is 9.63. The highest BCUT2D eigenvalue weighted by molar-refractivity contribution is 5.36. The number of rotatable bonds is 5. The van der Waals surface area contributed by atoms with E-state index in [9.17, 15) is 13.9 Å². The Bertz CT molecular complexity index is 627. The molecule has 0 saturated heterocycles. The monoisotopic (exact) mass is 294 g/mol. The van der Waals surface area contributed by atoms with Gasteiger partial charge in [-0.05, 0) is 36.8 Å². The lowest BCUT2D eigenvalue weighted by atomic mass is 10.1. The van der Waals surface area contributed by atoms with Crippen LogP contribution >= 0.6 is 0 Å². The van der Waals surface area contributed by atoms with E-state index in [0.717, 1.165) is 0 Å². The minimum atomic E-state index is -0.784. The zero-order valence-electron chi connectivity index (χ0n) is 11.8. The van der Waals surface area contributed by atoms with Gasteiger partial charge in [0, 0.05) is 11.6 Å². The van der Waals surface area contributed by atoms with Crippen molar-refractivity contribution in [1.29, 1.82) is 0 Å². The molecule has 21 heavy (non-hydrogen) atoms. The average molecular weight is 294 g/mol. The second kappa shape index (κ2) is 6.54. The molecule has 2 rings (SSSR count). The first-order chi connectivity index (χ1) is 10.0. The third-order valence-electron chi connectivity index (χ3n) is 3.04. The van der Waals surface area contributed by atoms with Crippen LogP contribution < -0.4 is 9.47 Å². The Morgan fingerprint density at radius 1 is 1.10 bits per heavy atom. The van der Waals surface area contributed by atoms with Crippen molar-refractivity contribution in [2.45, 2.75) is 19.6 Å². The minimum Gasteiger partial charge on any atom is -0.494 e. The van der Waals surface area contributed by atoms with Crippen LogP contribution in [0, 0.1) is 11.6 Å². The van der Waals surface area contributed by atoms with Gasteiger partial charge in [0.05, 0.1) is 13.2 Å². The smallest absolute Gasteiger partial charge is 0.165 e. The number of hydrogen-bond acceptors (Lipinski definition) is 3. The van der Waals surface area contributed by atoms with E-state index in [0.29, 0.717) is 11.1 Å². The molecule has 1 unspecified atom stereocenters. The van der Waals surface area contributed by atoms with Gasteiger partial charge in [0.25, 0.3) is 0 Å². The van der Waals surface area contributed by atoms with Gasteiger partial charge in [0.1, 0.15) is 18.2 Å². The SMILES string of the molecule is COc1ccc(COc2cc(F)ccc2C(C)O)cc1F. The van der Waals surface area contributed by atoms with Crippen molar-refractivity contribution in [3.63, 3.8) is 0 Å². The molecule has 2 aromatic rings. The first-order valence-corrected chi connectivity index (χ1v) is 6.44. The molecular weight excluding hydrogens is 278 g/mol. The van der Waals surface area contributed by atoms with Crippen molar-refractivity contribution < 1.29 is 23.4 Å². The highest BCUT2D eigenvalue weighted by Crippen LogP contribution is 2.27. The van der Waals surface area contributed by atoms with Crippen LogP contribution in [0.2, 0.25) is 0 Å². The Morgan fingerprint density at radius 3 is 2.48 bits per heavy atom. The lowest BCUT2D eigenvalue weighted by molar-refractivity contribution is 0.189. The number of methoxy groups -OCH3 is 1. The molecule has 1 N–H and O–H groups in total. The Labute approximate surface area is 121 Å². The maximum atomic E-state index is 13.6. The van der Waals surface area contributed by atoms with Crippen LogP contribution in [-0.4, -0.2) is 12.2 Å². The first kappa shape index (κ1) is 15.3. The molecule has 0 radical (unpaired) electrons. The molecule has 0 spiro atoms. The van der Waals surface area contributed by atoms with E-state index in [1.165, 1.54) is 37.4 Å². The molecular formula is C16H16F2O3. The highest BCUT2D eigenvalue weighted by Gasteiger charge is 2.11.